The Kier molecular flexibility index (Phi) is 11.6. The molecule has 5 aromatic carbocycles. The molecule has 0 radical (unpaired) electrons. The average Bonchev–Trinajstić information content (AvgIpc) is 3.10. The Bertz CT molecular complexity index is 2200. The van der Waals surface area contributed by atoms with E-state index in [0.29, 0.717) is 17.4 Å². The summed E-state index contributed by atoms with van der Waals surface area (Å²) in [6, 6.07) is 12.6. The van der Waals surface area contributed by atoms with Crippen LogP contribution in [0.2, 0.25) is 0 Å². The number of alkyl halides is 3. The van der Waals surface area contributed by atoms with Crippen molar-refractivity contribution >= 4 is 41.1 Å². The maximum atomic E-state index is 16.8. The minimum Gasteiger partial charge on any atom is -0.351 e. The van der Waals surface area contributed by atoms with Crippen molar-refractivity contribution in [2.45, 2.75) is 57.0 Å². The van der Waals surface area contributed by atoms with Gasteiger partial charge in [-0.25, -0.2) is 43.9 Å². The van der Waals surface area contributed by atoms with Crippen molar-refractivity contribution in [3.63, 3.8) is 0 Å². The molecule has 0 fully saturated rings. The smallest absolute Gasteiger partial charge is 0.351 e. The molecule has 5 rings (SSSR count). The number of nitrogens with one attached hydrogen (secondary N) is 1. The van der Waals surface area contributed by atoms with Gasteiger partial charge in [-0.2, -0.15) is 13.2 Å². The fourth-order valence-corrected chi connectivity index (χ4v) is 6.42. The number of hydrogen-bond donors (Lipinski definition) is 2. The summed E-state index contributed by atoms with van der Waals surface area (Å²) < 4.78 is 197. The average molecular weight is 791 g/mol. The molecule has 0 spiro atoms. The Balaban J connectivity index is 1.85. The molecule has 0 saturated heterocycles. The third-order valence-electron chi connectivity index (χ3n) is 8.70. The predicted octanol–water partition coefficient (Wildman–Crippen LogP) is 13.4. The first-order valence-electron chi connectivity index (χ1n) is 16.0. The van der Waals surface area contributed by atoms with Crippen LogP contribution in [0.1, 0.15) is 60.4 Å². The van der Waals surface area contributed by atoms with Gasteiger partial charge in [0.15, 0.2) is 52.4 Å². The van der Waals surface area contributed by atoms with Crippen molar-refractivity contribution < 1.29 is 57.1 Å². The summed E-state index contributed by atoms with van der Waals surface area (Å²) >= 11 is 4.40. The van der Waals surface area contributed by atoms with Crippen molar-refractivity contribution in [3.8, 4) is 0 Å². The summed E-state index contributed by atoms with van der Waals surface area (Å²) in [4.78, 5) is 0.0473. The summed E-state index contributed by atoms with van der Waals surface area (Å²) in [5.74, 6) is -25.3. The number of nitrogens with zero attached hydrogens (tertiary/aromatic N) is 1. The lowest BCUT2D eigenvalue weighted by molar-refractivity contribution is -0.142. The minimum absolute atomic E-state index is 0.0156. The van der Waals surface area contributed by atoms with Crippen LogP contribution in [0.15, 0.2) is 59.5 Å². The molecule has 16 heteroatoms. The normalized spacial score (nSPS) is 12.3. The zero-order valence-electron chi connectivity index (χ0n) is 28.2. The number of thiol groups is 1. The number of anilines is 5. The van der Waals surface area contributed by atoms with Gasteiger partial charge < -0.3 is 5.32 Å². The molecule has 0 heterocycles. The second-order valence-electron chi connectivity index (χ2n) is 12.3. The van der Waals surface area contributed by atoms with Gasteiger partial charge in [0.1, 0.15) is 22.8 Å². The summed E-state index contributed by atoms with van der Waals surface area (Å²) in [6.07, 6.45) is -5.60. The Morgan fingerprint density at radius 3 is 1.89 bits per heavy atom. The van der Waals surface area contributed by atoms with Crippen LogP contribution < -0.4 is 10.2 Å². The molecule has 0 aliphatic rings. The van der Waals surface area contributed by atoms with E-state index in [1.807, 2.05) is 0 Å². The lowest BCUT2D eigenvalue weighted by atomic mass is 9.91. The topological polar surface area (TPSA) is 15.3 Å². The maximum absolute atomic E-state index is 16.8. The monoisotopic (exact) mass is 790 g/mol. The molecule has 5 aromatic rings. The third kappa shape index (κ3) is 7.31. The Morgan fingerprint density at radius 2 is 1.30 bits per heavy atom. The standard InChI is InChI=1S/C38H27F13N2S/c1-4-8-16(2)24-29(44)34(52-20-11-7-9-18(14-20)13-19-10-5-6-12-23(19)54)31(46)33(48)36(24)53(37-27(42)21(39)15-22(40)28(37)43)35-17(3)26(41)25(38(49,50)51)30(45)32(35)47/h5-7,9-12,14-16,52,54H,4,8,13H2,1-3H3. The van der Waals surface area contributed by atoms with Gasteiger partial charge in [0.05, 0.1) is 11.4 Å². The number of hydrogen-bond acceptors (Lipinski definition) is 3. The first-order valence-corrected chi connectivity index (χ1v) is 16.5. The van der Waals surface area contributed by atoms with Gasteiger partial charge in [0.2, 0.25) is 0 Å². The molecule has 0 aromatic heterocycles. The van der Waals surface area contributed by atoms with Gasteiger partial charge in [-0.05, 0) is 55.0 Å². The summed E-state index contributed by atoms with van der Waals surface area (Å²) in [5, 5.41) is 2.40. The minimum atomic E-state index is -5.91. The van der Waals surface area contributed by atoms with Gasteiger partial charge in [0, 0.05) is 27.8 Å². The van der Waals surface area contributed by atoms with Crippen molar-refractivity contribution in [2.24, 2.45) is 0 Å². The third-order valence-corrected chi connectivity index (χ3v) is 9.13. The second kappa shape index (κ2) is 15.5. The van der Waals surface area contributed by atoms with Gasteiger partial charge in [-0.15, -0.1) is 12.6 Å². The molecule has 0 bridgehead atoms. The van der Waals surface area contributed by atoms with Crippen LogP contribution in [0, 0.1) is 65.1 Å². The molecule has 54 heavy (non-hydrogen) atoms. The Labute approximate surface area is 305 Å². The van der Waals surface area contributed by atoms with Gasteiger partial charge in [0.25, 0.3) is 0 Å². The Morgan fingerprint density at radius 1 is 0.685 bits per heavy atom. The van der Waals surface area contributed by atoms with Crippen molar-refractivity contribution in [1.29, 1.82) is 0 Å². The highest BCUT2D eigenvalue weighted by Crippen LogP contribution is 2.51. The fourth-order valence-electron chi connectivity index (χ4n) is 6.18. The van der Waals surface area contributed by atoms with Crippen LogP contribution in [-0.2, 0) is 12.6 Å². The highest BCUT2D eigenvalue weighted by molar-refractivity contribution is 7.80. The van der Waals surface area contributed by atoms with Crippen molar-refractivity contribution in [1.82, 2.24) is 0 Å². The predicted molar refractivity (Wildman–Crippen MR) is 180 cm³/mol. The molecule has 0 aliphatic carbocycles. The molecule has 1 unspecified atom stereocenters. The highest BCUT2D eigenvalue weighted by atomic mass is 32.1. The zero-order chi connectivity index (χ0) is 40.0. The van der Waals surface area contributed by atoms with Crippen molar-refractivity contribution in [3.05, 3.63) is 141 Å². The van der Waals surface area contributed by atoms with E-state index in [1.54, 1.807) is 37.3 Å². The number of benzene rings is 5. The first kappa shape index (κ1) is 40.3. The molecular weight excluding hydrogens is 763 g/mol. The van der Waals surface area contributed by atoms with E-state index >= 15 is 35.1 Å². The van der Waals surface area contributed by atoms with Crippen LogP contribution in [-0.4, -0.2) is 0 Å². The van der Waals surface area contributed by atoms with Crippen LogP contribution >= 0.6 is 12.6 Å². The maximum Gasteiger partial charge on any atom is 0.422 e. The Hall–Kier alpha value is -4.86. The molecule has 286 valence electrons. The molecule has 0 aliphatic heterocycles. The summed E-state index contributed by atoms with van der Waals surface area (Å²) in [5.41, 5.74) is -11.3. The molecule has 2 nitrogen and oxygen atoms in total. The van der Waals surface area contributed by atoms with E-state index in [4.69, 9.17) is 0 Å². The summed E-state index contributed by atoms with van der Waals surface area (Å²) in [6.45, 7) is 3.08. The second-order valence-corrected chi connectivity index (χ2v) is 12.8. The zero-order valence-corrected chi connectivity index (χ0v) is 29.1. The van der Waals surface area contributed by atoms with E-state index < -0.39 is 115 Å². The van der Waals surface area contributed by atoms with E-state index in [9.17, 15) is 22.0 Å². The number of rotatable bonds is 10. The first-order chi connectivity index (χ1) is 25.3. The molecule has 0 saturated carbocycles. The van der Waals surface area contributed by atoms with E-state index in [0.717, 1.165) is 5.56 Å². The van der Waals surface area contributed by atoms with Gasteiger partial charge >= 0.3 is 6.18 Å². The van der Waals surface area contributed by atoms with Crippen LogP contribution in [0.25, 0.3) is 0 Å². The fraction of sp³-hybridized carbons (Fsp3) is 0.211. The van der Waals surface area contributed by atoms with Gasteiger partial charge in [-0.3, -0.25) is 4.90 Å². The summed E-state index contributed by atoms with van der Waals surface area (Å²) in [7, 11) is 0. The number of halogens is 13. The highest BCUT2D eigenvalue weighted by Gasteiger charge is 2.44. The van der Waals surface area contributed by atoms with Crippen LogP contribution in [0.5, 0.6) is 0 Å². The van der Waals surface area contributed by atoms with E-state index in [1.165, 1.54) is 25.1 Å². The lowest BCUT2D eigenvalue weighted by Gasteiger charge is -2.33. The quantitative estimate of drug-likeness (QED) is 0.0832. The van der Waals surface area contributed by atoms with E-state index in [2.05, 4.69) is 17.9 Å². The molecule has 1 atom stereocenters. The molecule has 1 N–H and O–H groups in total. The molecular formula is C38H27F13N2S. The lowest BCUT2D eigenvalue weighted by Crippen LogP contribution is -2.25. The molecule has 0 amide bonds. The van der Waals surface area contributed by atoms with Crippen molar-refractivity contribution in [2.75, 3.05) is 10.2 Å². The van der Waals surface area contributed by atoms with E-state index in [-0.39, 0.29) is 31.0 Å². The van der Waals surface area contributed by atoms with Crippen LogP contribution in [0.4, 0.5) is 85.5 Å². The SMILES string of the molecule is CCCC(C)c1c(F)c(Nc2cccc(Cc3ccccc3S)c2)c(F)c(F)c1N(c1c(C)c(F)c(C(F)(F)F)c(F)c1F)c1c(F)c(F)cc(F)c1F. The van der Waals surface area contributed by atoms with Gasteiger partial charge in [-0.1, -0.05) is 50.6 Å². The van der Waals surface area contributed by atoms with Crippen LogP contribution in [0.3, 0.4) is 0 Å². The largest absolute Gasteiger partial charge is 0.422 e.